The predicted octanol–water partition coefficient (Wildman–Crippen LogP) is 4.88. The van der Waals surface area contributed by atoms with Gasteiger partial charge in [0.2, 0.25) is 5.88 Å². The first-order valence-corrected chi connectivity index (χ1v) is 11.9. The van der Waals surface area contributed by atoms with E-state index in [4.69, 9.17) is 4.74 Å². The molecule has 2 saturated heterocycles. The summed E-state index contributed by atoms with van der Waals surface area (Å²) in [6, 6.07) is 17.7. The Balaban J connectivity index is 1.33. The summed E-state index contributed by atoms with van der Waals surface area (Å²) in [7, 11) is 0. The van der Waals surface area contributed by atoms with Crippen molar-refractivity contribution < 1.29 is 9.53 Å². The molecule has 0 N–H and O–H groups in total. The van der Waals surface area contributed by atoms with Crippen LogP contribution in [0.15, 0.2) is 67.0 Å². The van der Waals surface area contributed by atoms with Crippen molar-refractivity contribution in [2.24, 2.45) is 0 Å². The summed E-state index contributed by atoms with van der Waals surface area (Å²) in [6.07, 6.45) is 7.75. The van der Waals surface area contributed by atoms with E-state index >= 15 is 0 Å². The van der Waals surface area contributed by atoms with Crippen LogP contribution in [0.2, 0.25) is 0 Å². The Morgan fingerprint density at radius 3 is 2.52 bits per heavy atom. The molecule has 0 radical (unpaired) electrons. The maximum atomic E-state index is 13.6. The molecule has 170 valence electrons. The van der Waals surface area contributed by atoms with Gasteiger partial charge in [0, 0.05) is 43.5 Å². The first kappa shape index (κ1) is 21.6. The fraction of sp³-hybridized carbons (Fsp3) is 0.370. The molecule has 1 unspecified atom stereocenters. The van der Waals surface area contributed by atoms with Crippen LogP contribution >= 0.6 is 0 Å². The van der Waals surface area contributed by atoms with E-state index < -0.39 is 0 Å². The van der Waals surface area contributed by atoms with Crippen LogP contribution in [0.5, 0.6) is 11.6 Å². The fourth-order valence-electron chi connectivity index (χ4n) is 4.90. The van der Waals surface area contributed by atoms with Crippen molar-refractivity contribution in [2.45, 2.75) is 38.1 Å². The van der Waals surface area contributed by atoms with Crippen molar-refractivity contribution in [1.29, 1.82) is 0 Å². The number of para-hydroxylation sites is 1. The Bertz CT molecular complexity index is 1080. The molecule has 5 rings (SSSR count). The molecule has 1 amide bonds. The first-order valence-electron chi connectivity index (χ1n) is 11.9. The second-order valence-corrected chi connectivity index (χ2v) is 8.89. The Hall–Kier alpha value is -3.25. The summed E-state index contributed by atoms with van der Waals surface area (Å²) in [6.45, 7) is 4.47. The van der Waals surface area contributed by atoms with Gasteiger partial charge in [0.25, 0.3) is 5.91 Å². The summed E-state index contributed by atoms with van der Waals surface area (Å²) in [5, 5.41) is 0. The van der Waals surface area contributed by atoms with Crippen molar-refractivity contribution in [3.8, 4) is 11.6 Å². The van der Waals surface area contributed by atoms with E-state index in [1.54, 1.807) is 12.4 Å². The molecule has 2 aliphatic heterocycles. The van der Waals surface area contributed by atoms with Crippen molar-refractivity contribution in [3.63, 3.8) is 0 Å². The minimum absolute atomic E-state index is 0.0980. The van der Waals surface area contributed by atoms with E-state index in [0.29, 0.717) is 12.4 Å². The SMILES string of the molecule is O=C(c1ccccc1CN1CCCC1)N1CCCC(c2nccnc2Oc2ccccc2)C1. The van der Waals surface area contributed by atoms with Gasteiger partial charge in [0.1, 0.15) is 11.4 Å². The number of hydrogen-bond donors (Lipinski definition) is 0. The quantitative estimate of drug-likeness (QED) is 0.544. The number of carbonyl (C=O) groups is 1. The van der Waals surface area contributed by atoms with E-state index in [1.807, 2.05) is 53.4 Å². The summed E-state index contributed by atoms with van der Waals surface area (Å²) < 4.78 is 6.05. The van der Waals surface area contributed by atoms with Gasteiger partial charge in [-0.3, -0.25) is 14.7 Å². The number of benzene rings is 2. The largest absolute Gasteiger partial charge is 0.437 e. The van der Waals surface area contributed by atoms with Crippen LogP contribution in [0.25, 0.3) is 0 Å². The lowest BCUT2D eigenvalue weighted by atomic mass is 9.93. The zero-order valence-electron chi connectivity index (χ0n) is 18.9. The predicted molar refractivity (Wildman–Crippen MR) is 127 cm³/mol. The molecule has 0 bridgehead atoms. The van der Waals surface area contributed by atoms with Crippen LogP contribution in [-0.2, 0) is 6.54 Å². The van der Waals surface area contributed by atoms with E-state index in [1.165, 1.54) is 12.8 Å². The molecule has 6 nitrogen and oxygen atoms in total. The minimum Gasteiger partial charge on any atom is -0.437 e. The monoisotopic (exact) mass is 442 g/mol. The molecule has 6 heteroatoms. The number of ether oxygens (including phenoxy) is 1. The lowest BCUT2D eigenvalue weighted by molar-refractivity contribution is 0.0702. The Morgan fingerprint density at radius 2 is 1.67 bits per heavy atom. The number of likely N-dealkylation sites (tertiary alicyclic amines) is 2. The molecule has 2 fully saturated rings. The van der Waals surface area contributed by atoms with Crippen LogP contribution in [0.3, 0.4) is 0 Å². The molecule has 0 spiro atoms. The Morgan fingerprint density at radius 1 is 0.909 bits per heavy atom. The van der Waals surface area contributed by atoms with Crippen molar-refractivity contribution in [3.05, 3.63) is 83.8 Å². The molecule has 0 aliphatic carbocycles. The number of aromatic nitrogens is 2. The first-order chi connectivity index (χ1) is 16.3. The third-order valence-corrected chi connectivity index (χ3v) is 6.58. The normalized spacial score (nSPS) is 18.9. The standard InChI is InChI=1S/C27H30N4O2/c32-27(24-13-5-4-9-21(24)19-30-16-6-7-17-30)31-18-8-10-22(20-31)25-26(29-15-14-28-25)33-23-11-2-1-3-12-23/h1-5,9,11-15,22H,6-8,10,16-20H2. The maximum Gasteiger partial charge on any atom is 0.254 e. The number of carbonyl (C=O) groups excluding carboxylic acids is 1. The molecule has 3 heterocycles. The number of piperidine rings is 1. The molecule has 3 aromatic rings. The molecule has 1 atom stereocenters. The molecule has 2 aliphatic rings. The highest BCUT2D eigenvalue weighted by molar-refractivity contribution is 5.95. The van der Waals surface area contributed by atoms with Crippen LogP contribution in [0.1, 0.15) is 53.2 Å². The average Bonchev–Trinajstić information content (AvgIpc) is 3.38. The zero-order valence-corrected chi connectivity index (χ0v) is 18.9. The fourth-order valence-corrected chi connectivity index (χ4v) is 4.90. The third kappa shape index (κ3) is 5.06. The van der Waals surface area contributed by atoms with Gasteiger partial charge in [-0.05, 0) is 62.5 Å². The lowest BCUT2D eigenvalue weighted by Gasteiger charge is -2.33. The van der Waals surface area contributed by atoms with E-state index in [9.17, 15) is 4.79 Å². The second kappa shape index (κ2) is 10.1. The van der Waals surface area contributed by atoms with E-state index in [0.717, 1.165) is 61.6 Å². The topological polar surface area (TPSA) is 58.6 Å². The Labute approximate surface area is 195 Å². The summed E-state index contributed by atoms with van der Waals surface area (Å²) in [4.78, 5) is 27.1. The third-order valence-electron chi connectivity index (χ3n) is 6.58. The van der Waals surface area contributed by atoms with Gasteiger partial charge in [-0.2, -0.15) is 0 Å². The summed E-state index contributed by atoms with van der Waals surface area (Å²) in [5.41, 5.74) is 2.77. The average molecular weight is 443 g/mol. The van der Waals surface area contributed by atoms with Crippen LogP contribution in [0, 0.1) is 0 Å². The van der Waals surface area contributed by atoms with Crippen molar-refractivity contribution in [2.75, 3.05) is 26.2 Å². The molecule has 33 heavy (non-hydrogen) atoms. The molecular formula is C27H30N4O2. The highest BCUT2D eigenvalue weighted by Crippen LogP contribution is 2.33. The smallest absolute Gasteiger partial charge is 0.254 e. The zero-order chi connectivity index (χ0) is 22.5. The van der Waals surface area contributed by atoms with E-state index in [2.05, 4.69) is 20.9 Å². The maximum absolute atomic E-state index is 13.6. The molecule has 2 aromatic carbocycles. The summed E-state index contributed by atoms with van der Waals surface area (Å²) >= 11 is 0. The van der Waals surface area contributed by atoms with E-state index in [-0.39, 0.29) is 11.8 Å². The molecule has 1 aromatic heterocycles. The number of nitrogens with zero attached hydrogens (tertiary/aromatic N) is 4. The van der Waals surface area contributed by atoms with Crippen molar-refractivity contribution >= 4 is 5.91 Å². The molecule has 0 saturated carbocycles. The van der Waals surface area contributed by atoms with Gasteiger partial charge in [0.15, 0.2) is 0 Å². The van der Waals surface area contributed by atoms with Crippen LogP contribution in [-0.4, -0.2) is 51.9 Å². The Kier molecular flexibility index (Phi) is 6.63. The van der Waals surface area contributed by atoms with Gasteiger partial charge in [-0.15, -0.1) is 0 Å². The van der Waals surface area contributed by atoms with Gasteiger partial charge >= 0.3 is 0 Å². The van der Waals surface area contributed by atoms with Gasteiger partial charge in [0.05, 0.1) is 0 Å². The van der Waals surface area contributed by atoms with Gasteiger partial charge in [-0.25, -0.2) is 4.98 Å². The minimum atomic E-state index is 0.0980. The van der Waals surface area contributed by atoms with Gasteiger partial charge in [-0.1, -0.05) is 36.4 Å². The van der Waals surface area contributed by atoms with Crippen molar-refractivity contribution in [1.82, 2.24) is 19.8 Å². The number of amides is 1. The van der Waals surface area contributed by atoms with Crippen LogP contribution in [0.4, 0.5) is 0 Å². The summed E-state index contributed by atoms with van der Waals surface area (Å²) in [5.74, 6) is 1.47. The number of rotatable bonds is 6. The molecular weight excluding hydrogens is 412 g/mol. The van der Waals surface area contributed by atoms with Crippen LogP contribution < -0.4 is 4.74 Å². The van der Waals surface area contributed by atoms with Gasteiger partial charge < -0.3 is 9.64 Å². The lowest BCUT2D eigenvalue weighted by Crippen LogP contribution is -2.40. The highest BCUT2D eigenvalue weighted by atomic mass is 16.5. The second-order valence-electron chi connectivity index (χ2n) is 8.89. The highest BCUT2D eigenvalue weighted by Gasteiger charge is 2.30. The number of hydrogen-bond acceptors (Lipinski definition) is 5.